The molecule has 0 amide bonds. The minimum atomic E-state index is -3.86. The smallest absolute Gasteiger partial charge is 0.269 e. The van der Waals surface area contributed by atoms with Crippen molar-refractivity contribution in [1.29, 1.82) is 0 Å². The highest BCUT2D eigenvalue weighted by Crippen LogP contribution is 2.37. The summed E-state index contributed by atoms with van der Waals surface area (Å²) in [4.78, 5) is 9.55. The van der Waals surface area contributed by atoms with Gasteiger partial charge in [-0.05, 0) is 59.7 Å². The van der Waals surface area contributed by atoms with E-state index in [0.717, 1.165) is 27.8 Å². The minimum Gasteiger partial charge on any atom is -0.497 e. The van der Waals surface area contributed by atoms with E-state index in [1.165, 1.54) is 3.97 Å². The molecular formula is C29H21N3O3S. The Morgan fingerprint density at radius 1 is 0.778 bits per heavy atom. The summed E-state index contributed by atoms with van der Waals surface area (Å²) < 4.78 is 33.8. The normalized spacial score (nSPS) is 11.7. The van der Waals surface area contributed by atoms with E-state index in [0.29, 0.717) is 22.3 Å². The van der Waals surface area contributed by atoms with Crippen LogP contribution >= 0.6 is 0 Å². The van der Waals surface area contributed by atoms with E-state index in [9.17, 15) is 8.42 Å². The summed E-state index contributed by atoms with van der Waals surface area (Å²) in [7, 11) is -2.22. The third-order valence-corrected chi connectivity index (χ3v) is 7.87. The van der Waals surface area contributed by atoms with E-state index in [4.69, 9.17) is 9.72 Å². The van der Waals surface area contributed by atoms with Crippen molar-refractivity contribution in [3.63, 3.8) is 0 Å². The van der Waals surface area contributed by atoms with Gasteiger partial charge in [0.1, 0.15) is 5.75 Å². The number of nitrogens with zero attached hydrogens (tertiary/aromatic N) is 3. The van der Waals surface area contributed by atoms with Crippen molar-refractivity contribution in [2.24, 2.45) is 0 Å². The Morgan fingerprint density at radius 3 is 2.28 bits per heavy atom. The first kappa shape index (κ1) is 22.0. The predicted octanol–water partition coefficient (Wildman–Crippen LogP) is 6.16. The highest BCUT2D eigenvalue weighted by Gasteiger charge is 2.23. The van der Waals surface area contributed by atoms with Gasteiger partial charge >= 0.3 is 0 Å². The molecule has 0 bridgehead atoms. The van der Waals surface area contributed by atoms with Gasteiger partial charge in [0.15, 0.2) is 5.65 Å². The molecule has 6 nitrogen and oxygen atoms in total. The lowest BCUT2D eigenvalue weighted by Crippen LogP contribution is -2.12. The number of rotatable bonds is 5. The van der Waals surface area contributed by atoms with Gasteiger partial charge in [-0.2, -0.15) is 0 Å². The maximum absolute atomic E-state index is 13.6. The van der Waals surface area contributed by atoms with Gasteiger partial charge in [-0.15, -0.1) is 0 Å². The Kier molecular flexibility index (Phi) is 5.27. The summed E-state index contributed by atoms with van der Waals surface area (Å²) >= 11 is 0. The Morgan fingerprint density at radius 2 is 1.53 bits per heavy atom. The number of hydrogen-bond acceptors (Lipinski definition) is 5. The predicted molar refractivity (Wildman–Crippen MR) is 141 cm³/mol. The van der Waals surface area contributed by atoms with Gasteiger partial charge in [0, 0.05) is 28.7 Å². The van der Waals surface area contributed by atoms with Crippen molar-refractivity contribution in [2.45, 2.75) is 4.90 Å². The molecule has 0 unspecified atom stereocenters. The van der Waals surface area contributed by atoms with E-state index in [-0.39, 0.29) is 4.90 Å². The minimum absolute atomic E-state index is 0.197. The molecule has 0 radical (unpaired) electrons. The quantitative estimate of drug-likeness (QED) is 0.289. The maximum Gasteiger partial charge on any atom is 0.269 e. The molecule has 0 N–H and O–H groups in total. The fourth-order valence-corrected chi connectivity index (χ4v) is 5.80. The Balaban J connectivity index is 1.64. The number of ether oxygens (including phenoxy) is 1. The van der Waals surface area contributed by atoms with Crippen LogP contribution in [0.3, 0.4) is 0 Å². The zero-order valence-corrected chi connectivity index (χ0v) is 20.2. The number of hydrogen-bond donors (Lipinski definition) is 0. The van der Waals surface area contributed by atoms with Crippen LogP contribution in [0.2, 0.25) is 0 Å². The molecule has 176 valence electrons. The van der Waals surface area contributed by atoms with Crippen LogP contribution in [-0.4, -0.2) is 29.5 Å². The van der Waals surface area contributed by atoms with Crippen LogP contribution in [0.25, 0.3) is 44.3 Å². The molecule has 0 aliphatic carbocycles. The molecule has 6 rings (SSSR count). The van der Waals surface area contributed by atoms with E-state index >= 15 is 0 Å². The first-order valence-electron chi connectivity index (χ1n) is 11.4. The third kappa shape index (κ3) is 3.61. The average molecular weight is 492 g/mol. The largest absolute Gasteiger partial charge is 0.497 e. The summed E-state index contributed by atoms with van der Waals surface area (Å²) in [5.41, 5.74) is 4.49. The molecule has 7 heteroatoms. The Hall–Kier alpha value is -4.49. The van der Waals surface area contributed by atoms with E-state index in [2.05, 4.69) is 4.98 Å². The standard InChI is InChI=1S/C29H21N3O3S/c1-35-21-14-15-27-25(17-21)24(20-9-4-2-5-10-20)18-28(31-27)26-19-32(29-23(26)13-8-16-30-29)36(33,34)22-11-6-3-7-12-22/h2-19H,1H3. The molecule has 6 aromatic rings. The lowest BCUT2D eigenvalue weighted by atomic mass is 9.98. The highest BCUT2D eigenvalue weighted by atomic mass is 32.2. The van der Waals surface area contributed by atoms with Gasteiger partial charge in [-0.3, -0.25) is 0 Å². The van der Waals surface area contributed by atoms with Crippen LogP contribution in [0.15, 0.2) is 114 Å². The zero-order valence-electron chi connectivity index (χ0n) is 19.4. The van der Waals surface area contributed by atoms with Crippen LogP contribution in [0, 0.1) is 0 Å². The first-order chi connectivity index (χ1) is 17.6. The summed E-state index contributed by atoms with van der Waals surface area (Å²) in [6, 6.07) is 29.8. The number of aromatic nitrogens is 3. The van der Waals surface area contributed by atoms with Crippen LogP contribution in [0.5, 0.6) is 5.75 Å². The SMILES string of the molecule is COc1ccc2nc(-c3cn(S(=O)(=O)c4ccccc4)c4ncccc34)cc(-c3ccccc3)c2c1. The van der Waals surface area contributed by atoms with Gasteiger partial charge in [0.05, 0.1) is 23.2 Å². The van der Waals surface area contributed by atoms with Gasteiger partial charge in [0.25, 0.3) is 10.0 Å². The number of methoxy groups -OCH3 is 1. The van der Waals surface area contributed by atoms with E-state index in [1.54, 1.807) is 55.9 Å². The Labute approximate surface area is 208 Å². The maximum atomic E-state index is 13.6. The lowest BCUT2D eigenvalue weighted by Gasteiger charge is -2.11. The number of fused-ring (bicyclic) bond motifs is 2. The van der Waals surface area contributed by atoms with Gasteiger partial charge in [-0.25, -0.2) is 22.4 Å². The Bertz CT molecular complexity index is 1830. The number of benzene rings is 3. The molecule has 36 heavy (non-hydrogen) atoms. The third-order valence-electron chi connectivity index (χ3n) is 6.21. The summed E-state index contributed by atoms with van der Waals surface area (Å²) in [5.74, 6) is 0.740. The van der Waals surface area contributed by atoms with E-state index < -0.39 is 10.0 Å². The highest BCUT2D eigenvalue weighted by molar-refractivity contribution is 7.90. The second-order valence-corrected chi connectivity index (χ2v) is 10.2. The monoisotopic (exact) mass is 491 g/mol. The zero-order chi connectivity index (χ0) is 24.7. The second-order valence-electron chi connectivity index (χ2n) is 8.34. The van der Waals surface area contributed by atoms with Crippen molar-refractivity contribution in [3.05, 3.63) is 109 Å². The molecule has 0 atom stereocenters. The van der Waals surface area contributed by atoms with Crippen LogP contribution in [0.1, 0.15) is 0 Å². The lowest BCUT2D eigenvalue weighted by molar-refractivity contribution is 0.415. The van der Waals surface area contributed by atoms with Gasteiger partial charge in [-0.1, -0.05) is 48.5 Å². The summed E-state index contributed by atoms with van der Waals surface area (Å²) in [6.45, 7) is 0. The average Bonchev–Trinajstić information content (AvgIpc) is 3.34. The summed E-state index contributed by atoms with van der Waals surface area (Å²) in [6.07, 6.45) is 3.21. The van der Waals surface area contributed by atoms with Crippen molar-refractivity contribution >= 4 is 32.0 Å². The van der Waals surface area contributed by atoms with Crippen LogP contribution in [0.4, 0.5) is 0 Å². The molecule has 0 spiro atoms. The molecule has 0 saturated carbocycles. The van der Waals surface area contributed by atoms with Crippen LogP contribution in [-0.2, 0) is 10.0 Å². The first-order valence-corrected chi connectivity index (χ1v) is 12.8. The molecule has 3 aromatic carbocycles. The fraction of sp³-hybridized carbons (Fsp3) is 0.0345. The molecule has 3 aromatic heterocycles. The molecule has 0 aliphatic rings. The molecule has 0 fully saturated rings. The second kappa shape index (κ2) is 8.62. The summed E-state index contributed by atoms with van der Waals surface area (Å²) in [5, 5.41) is 1.65. The van der Waals surface area contributed by atoms with Gasteiger partial charge in [0.2, 0.25) is 0 Å². The van der Waals surface area contributed by atoms with Crippen molar-refractivity contribution < 1.29 is 13.2 Å². The van der Waals surface area contributed by atoms with E-state index in [1.807, 2.05) is 60.7 Å². The van der Waals surface area contributed by atoms with Crippen molar-refractivity contribution in [2.75, 3.05) is 7.11 Å². The topological polar surface area (TPSA) is 74.1 Å². The molecule has 3 heterocycles. The van der Waals surface area contributed by atoms with Crippen LogP contribution < -0.4 is 4.74 Å². The van der Waals surface area contributed by atoms with Crippen molar-refractivity contribution in [1.82, 2.24) is 13.9 Å². The number of pyridine rings is 2. The van der Waals surface area contributed by atoms with Gasteiger partial charge < -0.3 is 4.74 Å². The molecule has 0 saturated heterocycles. The van der Waals surface area contributed by atoms with Crippen molar-refractivity contribution in [3.8, 4) is 28.1 Å². The fourth-order valence-electron chi connectivity index (χ4n) is 4.45. The molecule has 0 aliphatic heterocycles. The molecular weight excluding hydrogens is 470 g/mol.